The number of anilines is 2. The van der Waals surface area contributed by atoms with Gasteiger partial charge in [-0.3, -0.25) is 5.32 Å². The van der Waals surface area contributed by atoms with Gasteiger partial charge in [0, 0.05) is 37.4 Å². The number of ether oxygens (including phenoxy) is 1. The Hall–Kier alpha value is -2.88. The van der Waals surface area contributed by atoms with Crippen LogP contribution in [0.2, 0.25) is 0 Å². The molecule has 4 heterocycles. The maximum Gasteiger partial charge on any atom is 0.430 e. The quantitative estimate of drug-likeness (QED) is 0.785. The molecular formula is C20H22F3N5O2. The Morgan fingerprint density at radius 3 is 2.87 bits per heavy atom. The van der Waals surface area contributed by atoms with E-state index in [1.54, 1.807) is 6.07 Å². The molecule has 1 fully saturated rings. The van der Waals surface area contributed by atoms with Gasteiger partial charge in [0.05, 0.1) is 11.3 Å². The number of nitrogens with zero attached hydrogens (tertiary/aromatic N) is 3. The van der Waals surface area contributed by atoms with Crippen LogP contribution in [0.15, 0.2) is 24.4 Å². The molecule has 1 saturated heterocycles. The highest BCUT2D eigenvalue weighted by Gasteiger charge is 2.49. The number of aromatic nitrogens is 2. The molecule has 10 heteroatoms. The number of pyridine rings is 2. The topological polar surface area (TPSA) is 79.4 Å². The van der Waals surface area contributed by atoms with Crippen molar-refractivity contribution in [3.8, 4) is 11.3 Å². The molecule has 2 aromatic heterocycles. The highest BCUT2D eigenvalue weighted by molar-refractivity contribution is 5.89. The predicted octanol–water partition coefficient (Wildman–Crippen LogP) is 3.81. The van der Waals surface area contributed by atoms with Gasteiger partial charge in [-0.15, -0.1) is 0 Å². The van der Waals surface area contributed by atoms with Crippen LogP contribution in [0.3, 0.4) is 0 Å². The highest BCUT2D eigenvalue weighted by Crippen LogP contribution is 2.45. The van der Waals surface area contributed by atoms with Crippen LogP contribution in [0.4, 0.5) is 29.6 Å². The fourth-order valence-corrected chi connectivity index (χ4v) is 3.84. The number of hydrogen-bond acceptors (Lipinski definition) is 6. The average molecular weight is 421 g/mol. The lowest BCUT2D eigenvalue weighted by Gasteiger charge is -2.34. The van der Waals surface area contributed by atoms with Crippen molar-refractivity contribution in [2.75, 3.05) is 29.9 Å². The molecule has 2 atom stereocenters. The molecule has 2 aromatic rings. The van der Waals surface area contributed by atoms with Gasteiger partial charge in [-0.1, -0.05) is 6.92 Å². The lowest BCUT2D eigenvalue weighted by Crippen LogP contribution is -2.50. The fraction of sp³-hybridized carbons (Fsp3) is 0.450. The first-order valence-electron chi connectivity index (χ1n) is 9.77. The van der Waals surface area contributed by atoms with Crippen molar-refractivity contribution in [3.05, 3.63) is 35.5 Å². The summed E-state index contributed by atoms with van der Waals surface area (Å²) in [5.41, 5.74) is 1.25. The Kier molecular flexibility index (Phi) is 5.27. The molecule has 2 N–H and O–H groups in total. The fourth-order valence-electron chi connectivity index (χ4n) is 3.84. The Morgan fingerprint density at radius 1 is 1.33 bits per heavy atom. The Morgan fingerprint density at radius 2 is 2.13 bits per heavy atom. The van der Waals surface area contributed by atoms with Crippen LogP contribution in [-0.2, 0) is 4.74 Å². The van der Waals surface area contributed by atoms with Crippen molar-refractivity contribution in [2.45, 2.75) is 38.6 Å². The molecular weight excluding hydrogens is 399 g/mol. The summed E-state index contributed by atoms with van der Waals surface area (Å²) in [6, 6.07) is 5.45. The smallest absolute Gasteiger partial charge is 0.430 e. The van der Waals surface area contributed by atoms with Gasteiger partial charge in [0.25, 0.3) is 0 Å². The van der Waals surface area contributed by atoms with Gasteiger partial charge in [0.1, 0.15) is 11.6 Å². The first-order chi connectivity index (χ1) is 14.3. The minimum Gasteiger partial charge on any atom is -0.431 e. The Balaban J connectivity index is 1.80. The maximum atomic E-state index is 13.7. The van der Waals surface area contributed by atoms with Crippen molar-refractivity contribution >= 4 is 17.7 Å². The standard InChI is InChI=1S/C20H22F3N5O2/c1-3-12-10-28(7-6-24-12)15-9-11(2)8-14(26-15)13-4-5-25-18-16(13)17(20(21,22)23)30-19(29)27-18/h4-5,8-9,12,17,24H,3,6-7,10H2,1-2H3,(H,25,27,29). The molecule has 160 valence electrons. The molecule has 0 aromatic carbocycles. The van der Waals surface area contributed by atoms with Crippen LogP contribution >= 0.6 is 0 Å². The summed E-state index contributed by atoms with van der Waals surface area (Å²) in [5, 5.41) is 5.70. The second kappa shape index (κ2) is 7.75. The van der Waals surface area contributed by atoms with E-state index in [1.807, 2.05) is 13.0 Å². The van der Waals surface area contributed by atoms with Gasteiger partial charge in [0.2, 0.25) is 6.10 Å². The zero-order chi connectivity index (χ0) is 21.5. The third-order valence-corrected chi connectivity index (χ3v) is 5.30. The highest BCUT2D eigenvalue weighted by atomic mass is 19.4. The number of aryl methyl sites for hydroxylation is 1. The van der Waals surface area contributed by atoms with Crippen LogP contribution in [0.5, 0.6) is 0 Å². The van der Waals surface area contributed by atoms with Crippen LogP contribution in [0.25, 0.3) is 11.3 Å². The van der Waals surface area contributed by atoms with Crippen molar-refractivity contribution < 1.29 is 22.7 Å². The molecule has 0 radical (unpaired) electrons. The molecule has 30 heavy (non-hydrogen) atoms. The third kappa shape index (κ3) is 3.91. The molecule has 2 aliphatic rings. The Bertz CT molecular complexity index is 966. The number of carbonyl (C=O) groups is 1. The number of halogens is 3. The van der Waals surface area contributed by atoms with E-state index < -0.39 is 18.4 Å². The number of carbonyl (C=O) groups excluding carboxylic acids is 1. The van der Waals surface area contributed by atoms with Crippen LogP contribution in [-0.4, -0.2) is 47.9 Å². The van der Waals surface area contributed by atoms with E-state index in [9.17, 15) is 18.0 Å². The third-order valence-electron chi connectivity index (χ3n) is 5.30. The number of piperazine rings is 1. The molecule has 1 amide bonds. The largest absolute Gasteiger partial charge is 0.431 e. The number of cyclic esters (lactones) is 1. The van der Waals surface area contributed by atoms with Gasteiger partial charge in [-0.2, -0.15) is 13.2 Å². The van der Waals surface area contributed by atoms with Crippen LogP contribution in [0, 0.1) is 6.92 Å². The SMILES string of the molecule is CCC1CN(c2cc(C)cc(-c3ccnc4c3C(C(F)(F)F)OC(=O)N4)n2)CCN1. The molecule has 0 spiro atoms. The summed E-state index contributed by atoms with van der Waals surface area (Å²) in [6.07, 6.45) is -6.03. The van der Waals surface area contributed by atoms with Gasteiger partial charge in [0.15, 0.2) is 0 Å². The number of alkyl halides is 3. The summed E-state index contributed by atoms with van der Waals surface area (Å²) in [4.78, 5) is 22.3. The van der Waals surface area contributed by atoms with E-state index in [-0.39, 0.29) is 16.9 Å². The lowest BCUT2D eigenvalue weighted by molar-refractivity contribution is -0.206. The van der Waals surface area contributed by atoms with Crippen LogP contribution < -0.4 is 15.5 Å². The van der Waals surface area contributed by atoms with Gasteiger partial charge in [-0.05, 0) is 37.1 Å². The van der Waals surface area contributed by atoms with E-state index in [4.69, 9.17) is 0 Å². The summed E-state index contributed by atoms with van der Waals surface area (Å²) < 4.78 is 45.5. The number of nitrogens with one attached hydrogen (secondary N) is 2. The molecule has 4 rings (SSSR count). The van der Waals surface area contributed by atoms with Gasteiger partial charge >= 0.3 is 12.3 Å². The zero-order valence-electron chi connectivity index (χ0n) is 16.6. The molecule has 2 aliphatic heterocycles. The molecule has 0 bridgehead atoms. The number of fused-ring (bicyclic) bond motifs is 1. The van der Waals surface area contributed by atoms with E-state index in [0.717, 1.165) is 31.6 Å². The summed E-state index contributed by atoms with van der Waals surface area (Å²) >= 11 is 0. The summed E-state index contributed by atoms with van der Waals surface area (Å²) in [6.45, 7) is 6.31. The number of hydrogen-bond donors (Lipinski definition) is 2. The molecule has 2 unspecified atom stereocenters. The van der Waals surface area contributed by atoms with E-state index in [1.165, 1.54) is 12.3 Å². The minimum atomic E-state index is -4.77. The molecule has 0 saturated carbocycles. The number of amides is 1. The van der Waals surface area contributed by atoms with Crippen molar-refractivity contribution in [3.63, 3.8) is 0 Å². The van der Waals surface area contributed by atoms with Crippen molar-refractivity contribution in [1.29, 1.82) is 0 Å². The van der Waals surface area contributed by atoms with Crippen molar-refractivity contribution in [2.24, 2.45) is 0 Å². The van der Waals surface area contributed by atoms with Gasteiger partial charge in [-0.25, -0.2) is 14.8 Å². The lowest BCUT2D eigenvalue weighted by atomic mass is 9.98. The van der Waals surface area contributed by atoms with E-state index in [0.29, 0.717) is 17.6 Å². The average Bonchev–Trinajstić information content (AvgIpc) is 2.71. The van der Waals surface area contributed by atoms with E-state index in [2.05, 4.69) is 37.2 Å². The Labute approximate surface area is 171 Å². The van der Waals surface area contributed by atoms with Crippen LogP contribution in [0.1, 0.15) is 30.6 Å². The number of rotatable bonds is 3. The second-order valence-electron chi connectivity index (χ2n) is 7.47. The summed E-state index contributed by atoms with van der Waals surface area (Å²) in [5.74, 6) is 0.545. The summed E-state index contributed by atoms with van der Waals surface area (Å²) in [7, 11) is 0. The van der Waals surface area contributed by atoms with Gasteiger partial charge < -0.3 is 15.0 Å². The first-order valence-corrected chi connectivity index (χ1v) is 9.77. The van der Waals surface area contributed by atoms with E-state index >= 15 is 0 Å². The zero-order valence-corrected chi connectivity index (χ0v) is 16.6. The first kappa shape index (κ1) is 20.4. The maximum absolute atomic E-state index is 13.7. The van der Waals surface area contributed by atoms with Crippen molar-refractivity contribution in [1.82, 2.24) is 15.3 Å². The molecule has 7 nitrogen and oxygen atoms in total. The molecule has 0 aliphatic carbocycles. The monoisotopic (exact) mass is 421 g/mol. The predicted molar refractivity (Wildman–Crippen MR) is 105 cm³/mol. The second-order valence-corrected chi connectivity index (χ2v) is 7.47. The minimum absolute atomic E-state index is 0.163. The normalized spacial score (nSPS) is 21.6.